The first-order chi connectivity index (χ1) is 9.40. The van der Waals surface area contributed by atoms with Gasteiger partial charge in [-0.3, -0.25) is 4.79 Å². The van der Waals surface area contributed by atoms with Crippen LogP contribution in [-0.4, -0.2) is 29.8 Å². The van der Waals surface area contributed by atoms with Crippen molar-refractivity contribution in [2.45, 2.75) is 32.3 Å². The summed E-state index contributed by atoms with van der Waals surface area (Å²) in [5, 5.41) is 11.6. The molecule has 0 aliphatic carbocycles. The molecule has 1 aromatic rings. The molecule has 4 N–H and O–H groups in total. The van der Waals surface area contributed by atoms with E-state index in [1.807, 2.05) is 13.8 Å². The van der Waals surface area contributed by atoms with Gasteiger partial charge in [0.05, 0.1) is 12.0 Å². The van der Waals surface area contributed by atoms with Crippen LogP contribution < -0.4 is 15.8 Å². The van der Waals surface area contributed by atoms with E-state index in [0.717, 1.165) is 0 Å². The quantitative estimate of drug-likeness (QED) is 0.707. The number of carbonyl (C=O) groups is 2. The van der Waals surface area contributed by atoms with Gasteiger partial charge in [0.25, 0.3) is 0 Å². The van der Waals surface area contributed by atoms with Crippen LogP contribution in [0.25, 0.3) is 0 Å². The van der Waals surface area contributed by atoms with E-state index in [2.05, 4.69) is 5.32 Å². The number of hydrogen-bond donors (Lipinski definition) is 3. The van der Waals surface area contributed by atoms with Gasteiger partial charge in [0.1, 0.15) is 5.75 Å². The predicted octanol–water partition coefficient (Wildman–Crippen LogP) is 1.70. The lowest BCUT2D eigenvalue weighted by atomic mass is 9.96. The Bertz CT molecular complexity index is 457. The molecular formula is C14H20N2O4. The highest BCUT2D eigenvalue weighted by Crippen LogP contribution is 2.23. The molecule has 6 nitrogen and oxygen atoms in total. The standard InChI is InChI=1S/C14H20N2O4/c1-9(2)20-11-5-3-10(4-6-11)12(13(17)18)7-8-16-14(15)19/h3-6,9,12H,7-8H2,1-2H3,(H,17,18)(H3,15,16,19). The van der Waals surface area contributed by atoms with Crippen molar-refractivity contribution in [3.63, 3.8) is 0 Å². The topological polar surface area (TPSA) is 102 Å². The summed E-state index contributed by atoms with van der Waals surface area (Å²) in [5.74, 6) is -0.924. The summed E-state index contributed by atoms with van der Waals surface area (Å²) in [6.07, 6.45) is 0.346. The van der Waals surface area contributed by atoms with E-state index in [-0.39, 0.29) is 19.1 Å². The third-order valence-electron chi connectivity index (χ3n) is 2.68. The molecule has 0 saturated carbocycles. The van der Waals surface area contributed by atoms with Crippen molar-refractivity contribution in [3.05, 3.63) is 29.8 Å². The van der Waals surface area contributed by atoms with Gasteiger partial charge in [-0.1, -0.05) is 12.1 Å². The highest BCUT2D eigenvalue weighted by atomic mass is 16.5. The number of nitrogens with one attached hydrogen (secondary N) is 1. The molecule has 20 heavy (non-hydrogen) atoms. The molecule has 1 aromatic carbocycles. The fourth-order valence-corrected chi connectivity index (χ4v) is 1.82. The minimum atomic E-state index is -0.936. The third-order valence-corrected chi connectivity index (χ3v) is 2.68. The zero-order valence-corrected chi connectivity index (χ0v) is 11.6. The van der Waals surface area contributed by atoms with E-state index in [1.165, 1.54) is 0 Å². The second-order valence-corrected chi connectivity index (χ2v) is 4.71. The van der Waals surface area contributed by atoms with E-state index in [9.17, 15) is 14.7 Å². The maximum Gasteiger partial charge on any atom is 0.312 e. The monoisotopic (exact) mass is 280 g/mol. The largest absolute Gasteiger partial charge is 0.491 e. The van der Waals surface area contributed by atoms with E-state index in [0.29, 0.717) is 11.3 Å². The molecule has 0 saturated heterocycles. The number of benzene rings is 1. The first-order valence-corrected chi connectivity index (χ1v) is 6.43. The summed E-state index contributed by atoms with van der Waals surface area (Å²) in [6, 6.07) is 6.27. The number of hydrogen-bond acceptors (Lipinski definition) is 3. The fourth-order valence-electron chi connectivity index (χ4n) is 1.82. The van der Waals surface area contributed by atoms with Crippen LogP contribution in [-0.2, 0) is 4.79 Å². The second-order valence-electron chi connectivity index (χ2n) is 4.71. The Hall–Kier alpha value is -2.24. The Morgan fingerprint density at radius 2 is 1.90 bits per heavy atom. The molecular weight excluding hydrogens is 260 g/mol. The van der Waals surface area contributed by atoms with Gasteiger partial charge in [-0.05, 0) is 38.0 Å². The van der Waals surface area contributed by atoms with E-state index < -0.39 is 17.9 Å². The number of aliphatic carboxylic acids is 1. The SMILES string of the molecule is CC(C)Oc1ccc(C(CCNC(N)=O)C(=O)O)cc1. The summed E-state index contributed by atoms with van der Waals surface area (Å²) < 4.78 is 5.50. The maximum absolute atomic E-state index is 11.3. The maximum atomic E-state index is 11.3. The summed E-state index contributed by atoms with van der Waals surface area (Å²) >= 11 is 0. The Morgan fingerprint density at radius 3 is 2.35 bits per heavy atom. The number of carboxylic acid groups (broad SMARTS) is 1. The molecule has 0 spiro atoms. The predicted molar refractivity (Wildman–Crippen MR) is 74.8 cm³/mol. The minimum Gasteiger partial charge on any atom is -0.491 e. The van der Waals surface area contributed by atoms with Crippen LogP contribution in [0.15, 0.2) is 24.3 Å². The molecule has 1 unspecified atom stereocenters. The van der Waals surface area contributed by atoms with Crippen LogP contribution in [0.4, 0.5) is 4.79 Å². The number of ether oxygens (including phenoxy) is 1. The molecule has 0 aromatic heterocycles. The zero-order chi connectivity index (χ0) is 15.1. The molecule has 1 atom stereocenters. The van der Waals surface area contributed by atoms with Crippen molar-refractivity contribution in [2.24, 2.45) is 5.73 Å². The number of primary amides is 1. The van der Waals surface area contributed by atoms with Crippen LogP contribution in [0.1, 0.15) is 31.7 Å². The normalized spacial score (nSPS) is 11.9. The van der Waals surface area contributed by atoms with Crippen molar-refractivity contribution in [3.8, 4) is 5.75 Å². The van der Waals surface area contributed by atoms with Gasteiger partial charge in [0, 0.05) is 6.54 Å². The zero-order valence-electron chi connectivity index (χ0n) is 11.6. The Balaban J connectivity index is 2.71. The number of amides is 2. The molecule has 0 aliphatic heterocycles. The molecule has 0 aliphatic rings. The number of nitrogens with two attached hydrogens (primary N) is 1. The highest BCUT2D eigenvalue weighted by molar-refractivity contribution is 5.76. The van der Waals surface area contributed by atoms with Crippen molar-refractivity contribution < 1.29 is 19.4 Å². The van der Waals surface area contributed by atoms with Gasteiger partial charge in [-0.15, -0.1) is 0 Å². The van der Waals surface area contributed by atoms with Crippen LogP contribution in [0, 0.1) is 0 Å². The van der Waals surface area contributed by atoms with Gasteiger partial charge in [0.15, 0.2) is 0 Å². The molecule has 2 amide bonds. The van der Waals surface area contributed by atoms with Crippen LogP contribution in [0.3, 0.4) is 0 Å². The Kier molecular flexibility index (Phi) is 5.83. The van der Waals surface area contributed by atoms with Gasteiger partial charge in [0.2, 0.25) is 0 Å². The second kappa shape index (κ2) is 7.37. The van der Waals surface area contributed by atoms with Crippen molar-refractivity contribution >= 4 is 12.0 Å². The first kappa shape index (κ1) is 15.8. The summed E-state index contributed by atoms with van der Waals surface area (Å²) in [7, 11) is 0. The molecule has 110 valence electrons. The summed E-state index contributed by atoms with van der Waals surface area (Å²) in [4.78, 5) is 21.8. The Labute approximate surface area is 117 Å². The lowest BCUT2D eigenvalue weighted by molar-refractivity contribution is -0.138. The van der Waals surface area contributed by atoms with Crippen LogP contribution in [0.5, 0.6) is 5.75 Å². The van der Waals surface area contributed by atoms with E-state index >= 15 is 0 Å². The van der Waals surface area contributed by atoms with E-state index in [4.69, 9.17) is 10.5 Å². The molecule has 0 radical (unpaired) electrons. The highest BCUT2D eigenvalue weighted by Gasteiger charge is 2.19. The number of carboxylic acids is 1. The van der Waals surface area contributed by atoms with Gasteiger partial charge in [-0.25, -0.2) is 4.79 Å². The van der Waals surface area contributed by atoms with Crippen molar-refractivity contribution in [1.29, 1.82) is 0 Å². The van der Waals surface area contributed by atoms with Gasteiger partial charge >= 0.3 is 12.0 Å². The van der Waals surface area contributed by atoms with Gasteiger partial charge in [-0.2, -0.15) is 0 Å². The molecule has 1 rings (SSSR count). The number of carbonyl (C=O) groups excluding carboxylic acids is 1. The fraction of sp³-hybridized carbons (Fsp3) is 0.429. The first-order valence-electron chi connectivity index (χ1n) is 6.43. The molecule has 0 fully saturated rings. The number of rotatable bonds is 7. The lowest BCUT2D eigenvalue weighted by Gasteiger charge is -2.14. The lowest BCUT2D eigenvalue weighted by Crippen LogP contribution is -2.31. The molecule has 0 heterocycles. The Morgan fingerprint density at radius 1 is 1.30 bits per heavy atom. The summed E-state index contributed by atoms with van der Waals surface area (Å²) in [6.45, 7) is 4.06. The molecule has 0 bridgehead atoms. The molecule has 6 heteroatoms. The van der Waals surface area contributed by atoms with Crippen molar-refractivity contribution in [2.75, 3.05) is 6.54 Å². The number of urea groups is 1. The minimum absolute atomic E-state index is 0.0656. The van der Waals surface area contributed by atoms with E-state index in [1.54, 1.807) is 24.3 Å². The summed E-state index contributed by atoms with van der Waals surface area (Å²) in [5.41, 5.74) is 5.61. The average molecular weight is 280 g/mol. The average Bonchev–Trinajstić information content (AvgIpc) is 2.34. The third kappa shape index (κ3) is 5.17. The smallest absolute Gasteiger partial charge is 0.312 e. The van der Waals surface area contributed by atoms with Crippen molar-refractivity contribution in [1.82, 2.24) is 5.32 Å². The van der Waals surface area contributed by atoms with Crippen LogP contribution >= 0.6 is 0 Å². The van der Waals surface area contributed by atoms with Crippen LogP contribution in [0.2, 0.25) is 0 Å². The van der Waals surface area contributed by atoms with Gasteiger partial charge < -0.3 is 20.9 Å².